The first-order valence-electron chi connectivity index (χ1n) is 6.07. The number of hydrogen-bond donors (Lipinski definition) is 0. The Kier molecular flexibility index (Phi) is 2.78. The summed E-state index contributed by atoms with van der Waals surface area (Å²) in [6.45, 7) is 1.85. The van der Waals surface area contributed by atoms with Gasteiger partial charge in [-0.25, -0.2) is 4.98 Å². The van der Waals surface area contributed by atoms with Crippen LogP contribution in [0.2, 0.25) is 0 Å². The van der Waals surface area contributed by atoms with Crippen LogP contribution in [0.25, 0.3) is 16.8 Å². The minimum atomic E-state index is -4.34. The fourth-order valence-corrected chi connectivity index (χ4v) is 2.22. The lowest BCUT2D eigenvalue weighted by Gasteiger charge is -2.09. The number of aromatic nitrogens is 2. The van der Waals surface area contributed by atoms with Crippen LogP contribution >= 0.6 is 0 Å². The average Bonchev–Trinajstić information content (AvgIpc) is 2.77. The molecule has 102 valence electrons. The number of pyridine rings is 1. The molecule has 0 saturated carbocycles. The molecule has 0 aliphatic carbocycles. The highest BCUT2D eigenvalue weighted by Gasteiger charge is 2.30. The van der Waals surface area contributed by atoms with Crippen molar-refractivity contribution < 1.29 is 13.2 Å². The van der Waals surface area contributed by atoms with Crippen LogP contribution < -0.4 is 0 Å². The molecule has 0 aliphatic heterocycles. The summed E-state index contributed by atoms with van der Waals surface area (Å²) in [4.78, 5) is 4.36. The molecule has 0 spiro atoms. The van der Waals surface area contributed by atoms with Gasteiger partial charge >= 0.3 is 6.18 Å². The lowest BCUT2D eigenvalue weighted by atomic mass is 10.0. The van der Waals surface area contributed by atoms with E-state index in [1.165, 1.54) is 6.07 Å². The summed E-state index contributed by atoms with van der Waals surface area (Å²) in [7, 11) is 0. The zero-order valence-corrected chi connectivity index (χ0v) is 10.6. The van der Waals surface area contributed by atoms with Crippen LogP contribution in [0.1, 0.15) is 11.3 Å². The number of benzene rings is 1. The molecule has 2 nitrogen and oxygen atoms in total. The van der Waals surface area contributed by atoms with Gasteiger partial charge in [-0.3, -0.25) is 0 Å². The summed E-state index contributed by atoms with van der Waals surface area (Å²) in [5, 5.41) is 0. The van der Waals surface area contributed by atoms with Crippen molar-refractivity contribution in [2.75, 3.05) is 0 Å². The molecule has 2 heterocycles. The molecule has 0 atom stereocenters. The number of halogens is 3. The second-order valence-electron chi connectivity index (χ2n) is 4.61. The first-order chi connectivity index (χ1) is 9.45. The Morgan fingerprint density at radius 1 is 1.10 bits per heavy atom. The second kappa shape index (κ2) is 4.37. The SMILES string of the molecule is Cc1cn2cccc(-c3cccc(C(F)(F)F)c3)c2n1. The molecular formula is C15H11F3N2. The maximum absolute atomic E-state index is 12.8. The molecule has 0 radical (unpaired) electrons. The van der Waals surface area contributed by atoms with Gasteiger partial charge < -0.3 is 4.40 Å². The van der Waals surface area contributed by atoms with E-state index in [4.69, 9.17) is 0 Å². The molecular weight excluding hydrogens is 265 g/mol. The maximum Gasteiger partial charge on any atom is 0.416 e. The van der Waals surface area contributed by atoms with Crippen LogP contribution in [0, 0.1) is 6.92 Å². The Bertz CT molecular complexity index is 772. The number of imidazole rings is 1. The highest BCUT2D eigenvalue weighted by atomic mass is 19.4. The van der Waals surface area contributed by atoms with E-state index in [2.05, 4.69) is 4.98 Å². The monoisotopic (exact) mass is 276 g/mol. The Balaban J connectivity index is 2.21. The lowest BCUT2D eigenvalue weighted by Crippen LogP contribution is -2.04. The third-order valence-electron chi connectivity index (χ3n) is 3.10. The predicted molar refractivity (Wildman–Crippen MR) is 70.4 cm³/mol. The van der Waals surface area contributed by atoms with Crippen molar-refractivity contribution in [2.45, 2.75) is 13.1 Å². The summed E-state index contributed by atoms with van der Waals surface area (Å²) in [6, 6.07) is 8.87. The Morgan fingerprint density at radius 2 is 1.90 bits per heavy atom. The Labute approximate surface area is 113 Å². The summed E-state index contributed by atoms with van der Waals surface area (Å²) >= 11 is 0. The van der Waals surface area contributed by atoms with E-state index >= 15 is 0 Å². The van der Waals surface area contributed by atoms with Gasteiger partial charge in [-0.1, -0.05) is 12.1 Å². The third-order valence-corrected chi connectivity index (χ3v) is 3.10. The van der Waals surface area contributed by atoms with Gasteiger partial charge in [0.1, 0.15) is 5.65 Å². The van der Waals surface area contributed by atoms with Gasteiger partial charge in [0.2, 0.25) is 0 Å². The van der Waals surface area contributed by atoms with Crippen molar-refractivity contribution in [2.24, 2.45) is 0 Å². The predicted octanol–water partition coefficient (Wildman–Crippen LogP) is 4.33. The molecule has 0 N–H and O–H groups in total. The van der Waals surface area contributed by atoms with Gasteiger partial charge in [-0.2, -0.15) is 13.2 Å². The molecule has 0 unspecified atom stereocenters. The number of nitrogens with zero attached hydrogens (tertiary/aromatic N) is 2. The first kappa shape index (κ1) is 12.7. The van der Waals surface area contributed by atoms with E-state index < -0.39 is 11.7 Å². The quantitative estimate of drug-likeness (QED) is 0.646. The molecule has 2 aromatic heterocycles. The van der Waals surface area contributed by atoms with E-state index in [9.17, 15) is 13.2 Å². The molecule has 0 aliphatic rings. The van der Waals surface area contributed by atoms with Crippen molar-refractivity contribution in [1.29, 1.82) is 0 Å². The van der Waals surface area contributed by atoms with Crippen molar-refractivity contribution in [3.05, 3.63) is 60.0 Å². The molecule has 0 amide bonds. The highest BCUT2D eigenvalue weighted by Crippen LogP contribution is 2.33. The molecule has 3 aromatic rings. The van der Waals surface area contributed by atoms with E-state index in [0.29, 0.717) is 16.8 Å². The fraction of sp³-hybridized carbons (Fsp3) is 0.133. The molecule has 0 saturated heterocycles. The average molecular weight is 276 g/mol. The normalized spacial score (nSPS) is 12.0. The van der Waals surface area contributed by atoms with Gasteiger partial charge in [0, 0.05) is 18.0 Å². The van der Waals surface area contributed by atoms with Crippen molar-refractivity contribution >= 4 is 5.65 Å². The minimum absolute atomic E-state index is 0.510. The zero-order chi connectivity index (χ0) is 14.3. The lowest BCUT2D eigenvalue weighted by molar-refractivity contribution is -0.137. The van der Waals surface area contributed by atoms with Crippen LogP contribution in [-0.2, 0) is 6.18 Å². The molecule has 0 fully saturated rings. The molecule has 20 heavy (non-hydrogen) atoms. The van der Waals surface area contributed by atoms with Gasteiger partial charge in [0.15, 0.2) is 0 Å². The van der Waals surface area contributed by atoms with Crippen LogP contribution in [0.15, 0.2) is 48.8 Å². The van der Waals surface area contributed by atoms with Gasteiger partial charge in [0.25, 0.3) is 0 Å². The molecule has 1 aromatic carbocycles. The van der Waals surface area contributed by atoms with Gasteiger partial charge in [-0.05, 0) is 36.8 Å². The second-order valence-corrected chi connectivity index (χ2v) is 4.61. The topological polar surface area (TPSA) is 17.3 Å². The van der Waals surface area contributed by atoms with Crippen molar-refractivity contribution in [1.82, 2.24) is 9.38 Å². The standard InChI is InChI=1S/C15H11F3N2/c1-10-9-20-7-3-6-13(14(20)19-10)11-4-2-5-12(8-11)15(16,17)18/h2-9H,1H3. The van der Waals surface area contributed by atoms with Crippen LogP contribution in [0.4, 0.5) is 13.2 Å². The molecule has 0 bridgehead atoms. The van der Waals surface area contributed by atoms with E-state index in [-0.39, 0.29) is 0 Å². The van der Waals surface area contributed by atoms with Gasteiger partial charge in [0.05, 0.1) is 11.3 Å². The van der Waals surface area contributed by atoms with Crippen LogP contribution in [0.5, 0.6) is 0 Å². The fourth-order valence-electron chi connectivity index (χ4n) is 2.22. The number of hydrogen-bond acceptors (Lipinski definition) is 1. The summed E-state index contributed by atoms with van der Waals surface area (Å²) < 4.78 is 40.2. The highest BCUT2D eigenvalue weighted by molar-refractivity contribution is 5.78. The van der Waals surface area contributed by atoms with Crippen molar-refractivity contribution in [3.8, 4) is 11.1 Å². The minimum Gasteiger partial charge on any atom is -0.306 e. The number of alkyl halides is 3. The summed E-state index contributed by atoms with van der Waals surface area (Å²) in [6.07, 6.45) is -0.675. The smallest absolute Gasteiger partial charge is 0.306 e. The Morgan fingerprint density at radius 3 is 2.65 bits per heavy atom. The van der Waals surface area contributed by atoms with E-state index in [0.717, 1.165) is 17.8 Å². The summed E-state index contributed by atoms with van der Waals surface area (Å²) in [5.74, 6) is 0. The molecule has 5 heteroatoms. The van der Waals surface area contributed by atoms with E-state index in [1.807, 2.05) is 23.7 Å². The van der Waals surface area contributed by atoms with Crippen LogP contribution in [-0.4, -0.2) is 9.38 Å². The maximum atomic E-state index is 12.8. The first-order valence-corrected chi connectivity index (χ1v) is 6.07. The van der Waals surface area contributed by atoms with Crippen molar-refractivity contribution in [3.63, 3.8) is 0 Å². The number of fused-ring (bicyclic) bond motifs is 1. The Hall–Kier alpha value is -2.30. The van der Waals surface area contributed by atoms with E-state index in [1.54, 1.807) is 18.2 Å². The molecule has 3 rings (SSSR count). The van der Waals surface area contributed by atoms with Gasteiger partial charge in [-0.15, -0.1) is 0 Å². The number of aryl methyl sites for hydroxylation is 1. The third kappa shape index (κ3) is 2.15. The zero-order valence-electron chi connectivity index (χ0n) is 10.6. The van der Waals surface area contributed by atoms with Crippen LogP contribution in [0.3, 0.4) is 0 Å². The number of rotatable bonds is 1. The largest absolute Gasteiger partial charge is 0.416 e. The summed E-state index contributed by atoms with van der Waals surface area (Å²) in [5.41, 5.74) is 2.02.